The van der Waals surface area contributed by atoms with Gasteiger partial charge in [-0.25, -0.2) is 0 Å². The fourth-order valence-corrected chi connectivity index (χ4v) is 2.84. The number of aryl methyl sites for hydroxylation is 1. The van der Waals surface area contributed by atoms with Gasteiger partial charge in [0.25, 0.3) is 0 Å². The summed E-state index contributed by atoms with van der Waals surface area (Å²) in [6.45, 7) is 0.845. The van der Waals surface area contributed by atoms with E-state index >= 15 is 0 Å². The lowest BCUT2D eigenvalue weighted by molar-refractivity contribution is -0.118. The van der Waals surface area contributed by atoms with E-state index in [1.807, 2.05) is 11.0 Å². The number of para-hydroxylation sites is 1. The zero-order chi connectivity index (χ0) is 13.5. The monoisotopic (exact) mass is 279 g/mol. The summed E-state index contributed by atoms with van der Waals surface area (Å²) in [4.78, 5) is 14.2. The van der Waals surface area contributed by atoms with Gasteiger partial charge in [-0.2, -0.15) is 0 Å². The molecule has 0 bridgehead atoms. The summed E-state index contributed by atoms with van der Waals surface area (Å²) >= 11 is 5.68. The summed E-state index contributed by atoms with van der Waals surface area (Å²) in [5.74, 6) is 1.02. The minimum atomic E-state index is 0.280. The molecule has 1 amide bonds. The number of carbonyl (C=O) groups is 1. The maximum atomic E-state index is 12.2. The highest BCUT2D eigenvalue weighted by Crippen LogP contribution is 2.27. The van der Waals surface area contributed by atoms with Crippen LogP contribution >= 0.6 is 11.6 Å². The number of amides is 1. The van der Waals surface area contributed by atoms with Gasteiger partial charge in [0.1, 0.15) is 0 Å². The van der Waals surface area contributed by atoms with E-state index in [-0.39, 0.29) is 5.91 Å². The van der Waals surface area contributed by atoms with Gasteiger partial charge in [0.15, 0.2) is 0 Å². The summed E-state index contributed by atoms with van der Waals surface area (Å²) in [7, 11) is 0. The Hall–Kier alpha value is -1.02. The van der Waals surface area contributed by atoms with E-state index in [1.54, 1.807) is 0 Å². The first-order valence-corrected chi connectivity index (χ1v) is 7.80. The number of fused-ring (bicyclic) bond motifs is 1. The Morgan fingerprint density at radius 3 is 2.68 bits per heavy atom. The zero-order valence-electron chi connectivity index (χ0n) is 11.4. The average molecular weight is 280 g/mol. The highest BCUT2D eigenvalue weighted by molar-refractivity contribution is 6.17. The van der Waals surface area contributed by atoms with Crippen LogP contribution in [-0.2, 0) is 11.2 Å². The van der Waals surface area contributed by atoms with Gasteiger partial charge in [-0.3, -0.25) is 4.79 Å². The van der Waals surface area contributed by atoms with Gasteiger partial charge in [0.2, 0.25) is 5.91 Å². The number of unbranched alkanes of at least 4 members (excludes halogenated alkanes) is 3. The van der Waals surface area contributed by atoms with Crippen molar-refractivity contribution in [3.05, 3.63) is 29.8 Å². The van der Waals surface area contributed by atoms with Crippen molar-refractivity contribution in [1.82, 2.24) is 0 Å². The van der Waals surface area contributed by atoms with E-state index in [0.29, 0.717) is 6.42 Å². The minimum Gasteiger partial charge on any atom is -0.312 e. The average Bonchev–Trinajstić information content (AvgIpc) is 2.58. The molecular weight excluding hydrogens is 258 g/mol. The third-order valence-electron chi connectivity index (χ3n) is 3.69. The number of rotatable bonds is 6. The van der Waals surface area contributed by atoms with Crippen LogP contribution in [0.5, 0.6) is 0 Å². The van der Waals surface area contributed by atoms with Crippen molar-refractivity contribution in [3.8, 4) is 0 Å². The van der Waals surface area contributed by atoms with Crippen LogP contribution in [0.1, 0.15) is 44.1 Å². The van der Waals surface area contributed by atoms with Crippen molar-refractivity contribution in [2.24, 2.45) is 0 Å². The fraction of sp³-hybridized carbons (Fsp3) is 0.562. The molecule has 0 unspecified atom stereocenters. The van der Waals surface area contributed by atoms with Gasteiger partial charge in [-0.15, -0.1) is 11.6 Å². The van der Waals surface area contributed by atoms with E-state index in [1.165, 1.54) is 5.56 Å². The normalized spacial score (nSPS) is 15.2. The molecule has 1 heterocycles. The molecule has 1 aromatic carbocycles. The molecule has 0 aromatic heterocycles. The molecule has 2 rings (SSSR count). The quantitative estimate of drug-likeness (QED) is 0.566. The maximum absolute atomic E-state index is 12.2. The molecule has 0 saturated carbocycles. The highest BCUT2D eigenvalue weighted by Gasteiger charge is 2.20. The molecule has 0 spiro atoms. The molecule has 1 aliphatic heterocycles. The van der Waals surface area contributed by atoms with Crippen LogP contribution in [0.3, 0.4) is 0 Å². The van der Waals surface area contributed by atoms with E-state index in [4.69, 9.17) is 11.6 Å². The van der Waals surface area contributed by atoms with Crippen molar-refractivity contribution >= 4 is 23.2 Å². The Kier molecular flexibility index (Phi) is 5.71. The Morgan fingerprint density at radius 1 is 1.05 bits per heavy atom. The first kappa shape index (κ1) is 14.4. The molecule has 2 nitrogen and oxygen atoms in total. The molecule has 1 aliphatic rings. The molecule has 0 N–H and O–H groups in total. The molecule has 1 aromatic rings. The topological polar surface area (TPSA) is 20.3 Å². The Balaban J connectivity index is 1.98. The second-order valence-corrected chi connectivity index (χ2v) is 5.51. The summed E-state index contributed by atoms with van der Waals surface area (Å²) in [6, 6.07) is 8.32. The SMILES string of the molecule is O=C1CCCc2ccccc2N1CCCCCCCl. The Labute approximate surface area is 120 Å². The Morgan fingerprint density at radius 2 is 1.84 bits per heavy atom. The standard InChI is InChI=1S/C16H22ClNO/c17-12-5-1-2-6-13-18-15-10-4-3-8-14(15)9-7-11-16(18)19/h3-4,8,10H,1-2,5-7,9,11-13H2. The molecule has 0 aliphatic carbocycles. The van der Waals surface area contributed by atoms with Crippen LogP contribution in [0.4, 0.5) is 5.69 Å². The van der Waals surface area contributed by atoms with E-state index < -0.39 is 0 Å². The van der Waals surface area contributed by atoms with Crippen molar-refractivity contribution < 1.29 is 4.79 Å². The second kappa shape index (κ2) is 7.54. The lowest BCUT2D eigenvalue weighted by atomic mass is 10.1. The van der Waals surface area contributed by atoms with Crippen LogP contribution < -0.4 is 4.90 Å². The van der Waals surface area contributed by atoms with Gasteiger partial charge in [-0.05, 0) is 37.3 Å². The number of hydrogen-bond acceptors (Lipinski definition) is 1. The predicted molar refractivity (Wildman–Crippen MR) is 80.9 cm³/mol. The lowest BCUT2D eigenvalue weighted by Crippen LogP contribution is -2.31. The van der Waals surface area contributed by atoms with Gasteiger partial charge in [0, 0.05) is 24.5 Å². The van der Waals surface area contributed by atoms with E-state index in [9.17, 15) is 4.79 Å². The molecular formula is C16H22ClNO. The summed E-state index contributed by atoms with van der Waals surface area (Å²) < 4.78 is 0. The van der Waals surface area contributed by atoms with Crippen molar-refractivity contribution in [2.75, 3.05) is 17.3 Å². The van der Waals surface area contributed by atoms with Crippen LogP contribution in [0, 0.1) is 0 Å². The highest BCUT2D eigenvalue weighted by atomic mass is 35.5. The maximum Gasteiger partial charge on any atom is 0.226 e. The number of nitrogens with zero attached hydrogens (tertiary/aromatic N) is 1. The van der Waals surface area contributed by atoms with Gasteiger partial charge in [-0.1, -0.05) is 31.0 Å². The molecule has 0 radical (unpaired) electrons. The lowest BCUT2D eigenvalue weighted by Gasteiger charge is -2.23. The number of anilines is 1. The van der Waals surface area contributed by atoms with Crippen LogP contribution in [0.15, 0.2) is 24.3 Å². The second-order valence-electron chi connectivity index (χ2n) is 5.13. The van der Waals surface area contributed by atoms with E-state index in [0.717, 1.165) is 56.6 Å². The minimum absolute atomic E-state index is 0.280. The largest absolute Gasteiger partial charge is 0.312 e. The summed E-state index contributed by atoms with van der Waals surface area (Å²) in [5.41, 5.74) is 2.44. The number of benzene rings is 1. The summed E-state index contributed by atoms with van der Waals surface area (Å²) in [5, 5.41) is 0. The molecule has 0 fully saturated rings. The van der Waals surface area contributed by atoms with Crippen LogP contribution in [-0.4, -0.2) is 18.3 Å². The number of alkyl halides is 1. The molecule has 19 heavy (non-hydrogen) atoms. The Bertz CT molecular complexity index is 419. The summed E-state index contributed by atoms with van der Waals surface area (Å²) in [6.07, 6.45) is 7.12. The van der Waals surface area contributed by atoms with Crippen LogP contribution in [0.2, 0.25) is 0 Å². The number of hydrogen-bond donors (Lipinski definition) is 0. The predicted octanol–water partition coefficient (Wildman–Crippen LogP) is 4.16. The third kappa shape index (κ3) is 3.97. The third-order valence-corrected chi connectivity index (χ3v) is 3.95. The van der Waals surface area contributed by atoms with Crippen molar-refractivity contribution in [3.63, 3.8) is 0 Å². The van der Waals surface area contributed by atoms with Gasteiger partial charge in [0.05, 0.1) is 0 Å². The molecule has 0 saturated heterocycles. The number of carbonyl (C=O) groups excluding carboxylic acids is 1. The van der Waals surface area contributed by atoms with Crippen molar-refractivity contribution in [1.29, 1.82) is 0 Å². The fourth-order valence-electron chi connectivity index (χ4n) is 2.65. The molecule has 104 valence electrons. The van der Waals surface area contributed by atoms with E-state index in [2.05, 4.69) is 18.2 Å². The van der Waals surface area contributed by atoms with Gasteiger partial charge < -0.3 is 4.90 Å². The first-order chi connectivity index (χ1) is 9.33. The molecule has 0 atom stereocenters. The van der Waals surface area contributed by atoms with Crippen molar-refractivity contribution in [2.45, 2.75) is 44.9 Å². The first-order valence-electron chi connectivity index (χ1n) is 7.27. The zero-order valence-corrected chi connectivity index (χ0v) is 12.2. The van der Waals surface area contributed by atoms with Gasteiger partial charge >= 0.3 is 0 Å². The van der Waals surface area contributed by atoms with Crippen LogP contribution in [0.25, 0.3) is 0 Å². The number of halogens is 1. The molecule has 3 heteroatoms. The smallest absolute Gasteiger partial charge is 0.226 e.